The number of hydrogen-bond acceptors (Lipinski definition) is 13. The Bertz CT molecular complexity index is 2580. The lowest BCUT2D eigenvalue weighted by molar-refractivity contribution is -0.157. The standard InChI is InChI=1S/C66H114N12O12/c1-24-47-62(86)72(17)36-52(79)73(18)48(31-37(2)3)59(83)71-53(41(10)11)65(89)74(19)49(32-38(4)5)58(82)68-44(15)57(81)69-45(16)61(85)75(20)50(33-39(6)7)63(87)76(21)51(34-40(8)9)64(88)77(22)54(42(12)13)66(90)78(23)55(60(84)70-47)56(80)43(14)27-25-28-46-29-26-30-67-35-46/h26,29-30,35,37-45,47-51,53-56,80H,24-25,27-28,31-34,36H2,1-23H3,(H,68,82)(H,69,81)(H,70,84)(H,71,83)/t43-,44+,45-,47+,48+,49+,50+,51+,53+,54+,55-,56-/m1/s1. The van der Waals surface area contributed by atoms with Gasteiger partial charge in [0.1, 0.15) is 60.4 Å². The Balaban J connectivity index is 2.97. The highest BCUT2D eigenvalue weighted by molar-refractivity contribution is 5.99. The van der Waals surface area contributed by atoms with Crippen molar-refractivity contribution in [2.45, 2.75) is 229 Å². The van der Waals surface area contributed by atoms with E-state index in [-0.39, 0.29) is 55.8 Å². The van der Waals surface area contributed by atoms with Crippen LogP contribution < -0.4 is 21.3 Å². The van der Waals surface area contributed by atoms with Gasteiger partial charge in [-0.15, -0.1) is 0 Å². The Kier molecular flexibility index (Phi) is 32.1. The van der Waals surface area contributed by atoms with Gasteiger partial charge in [-0.05, 0) is 118 Å². The number of pyridine rings is 1. The fourth-order valence-corrected chi connectivity index (χ4v) is 11.5. The SMILES string of the molecule is CC[C@@H]1NC(=O)[C@@H]([C@H](O)[C@H](C)CCCc2cccnc2)N(C)C(=O)[C@H](C(C)C)N(C)C(=O)[C@H](CC(C)C)N(C)C(=O)[C@H](CC(C)C)N(C)C(=O)[C@@H](C)NC(=O)[C@H](C)NC(=O)[C@H](CC(C)C)N(C)C(=O)[C@H](C(C)C)NC(=O)[C@H](CC(C)C)N(C)C(=O)CN(C)C1=O. The molecule has 1 fully saturated rings. The number of rotatable bonds is 17. The molecule has 0 aliphatic carbocycles. The number of aliphatic hydroxyl groups is 1. The third kappa shape index (κ3) is 22.3. The Labute approximate surface area is 537 Å². The van der Waals surface area contributed by atoms with Crippen molar-refractivity contribution in [1.29, 1.82) is 0 Å². The highest BCUT2D eigenvalue weighted by atomic mass is 16.3. The Morgan fingerprint density at radius 3 is 1.43 bits per heavy atom. The van der Waals surface area contributed by atoms with E-state index in [9.17, 15) is 38.7 Å². The molecule has 1 aliphatic heterocycles. The van der Waals surface area contributed by atoms with Crippen molar-refractivity contribution >= 4 is 65.0 Å². The molecule has 2 heterocycles. The lowest BCUT2D eigenvalue weighted by Gasteiger charge is -2.41. The molecule has 1 aliphatic rings. The van der Waals surface area contributed by atoms with Gasteiger partial charge in [-0.25, -0.2) is 0 Å². The van der Waals surface area contributed by atoms with Crippen LogP contribution in [0.2, 0.25) is 0 Å². The normalized spacial score (nSPS) is 25.9. The fourth-order valence-electron chi connectivity index (χ4n) is 11.5. The summed E-state index contributed by atoms with van der Waals surface area (Å²) in [5.74, 6) is -9.76. The summed E-state index contributed by atoms with van der Waals surface area (Å²) in [5, 5.41) is 23.4. The summed E-state index contributed by atoms with van der Waals surface area (Å²) in [7, 11) is 9.95. The summed E-state index contributed by atoms with van der Waals surface area (Å²) in [6.07, 6.45) is 4.11. The van der Waals surface area contributed by atoms with Crippen LogP contribution in [-0.4, -0.2) is 232 Å². The minimum atomic E-state index is -1.63. The number of aryl methyl sites for hydroxylation is 1. The summed E-state index contributed by atoms with van der Waals surface area (Å²) in [5.41, 5.74) is 0.965. The molecule has 24 heteroatoms. The zero-order valence-corrected chi connectivity index (χ0v) is 58.6. The second kappa shape index (κ2) is 36.4. The van der Waals surface area contributed by atoms with E-state index in [0.717, 1.165) is 15.4 Å². The molecule has 1 aromatic rings. The summed E-state index contributed by atoms with van der Waals surface area (Å²) >= 11 is 0. The molecule has 1 aromatic heterocycles. The lowest BCUT2D eigenvalue weighted by Crippen LogP contribution is -2.63. The van der Waals surface area contributed by atoms with Gasteiger partial charge in [-0.3, -0.25) is 57.7 Å². The number of aliphatic hydroxyl groups excluding tert-OH is 1. The number of likely N-dealkylation sites (N-methyl/N-ethyl adjacent to an activating group) is 7. The van der Waals surface area contributed by atoms with E-state index in [1.165, 1.54) is 87.7 Å². The van der Waals surface area contributed by atoms with Crippen molar-refractivity contribution in [3.63, 3.8) is 0 Å². The molecule has 0 saturated carbocycles. The third-order valence-corrected chi connectivity index (χ3v) is 17.2. The van der Waals surface area contributed by atoms with E-state index in [4.69, 9.17) is 0 Å². The maximum absolute atomic E-state index is 15.3. The van der Waals surface area contributed by atoms with Crippen LogP contribution in [0.4, 0.5) is 0 Å². The van der Waals surface area contributed by atoms with E-state index in [2.05, 4.69) is 26.3 Å². The van der Waals surface area contributed by atoms with E-state index in [1.807, 2.05) is 67.5 Å². The second-order valence-electron chi connectivity index (χ2n) is 27.5. The smallest absolute Gasteiger partial charge is 0.246 e. The van der Waals surface area contributed by atoms with Crippen molar-refractivity contribution in [2.75, 3.05) is 55.9 Å². The molecule has 90 heavy (non-hydrogen) atoms. The highest BCUT2D eigenvalue weighted by Crippen LogP contribution is 2.26. The maximum atomic E-state index is 15.3. The molecule has 5 N–H and O–H groups in total. The Morgan fingerprint density at radius 1 is 0.500 bits per heavy atom. The maximum Gasteiger partial charge on any atom is 0.246 e. The van der Waals surface area contributed by atoms with E-state index < -0.39 is 156 Å². The number of aromatic nitrogens is 1. The van der Waals surface area contributed by atoms with Crippen LogP contribution in [0.3, 0.4) is 0 Å². The predicted molar refractivity (Wildman–Crippen MR) is 346 cm³/mol. The number of nitrogens with zero attached hydrogens (tertiary/aromatic N) is 8. The van der Waals surface area contributed by atoms with E-state index in [0.29, 0.717) is 19.3 Å². The molecule has 2 rings (SSSR count). The molecule has 510 valence electrons. The van der Waals surface area contributed by atoms with Crippen LogP contribution in [0, 0.1) is 41.4 Å². The quantitative estimate of drug-likeness (QED) is 0.149. The average molecular weight is 1270 g/mol. The summed E-state index contributed by atoms with van der Waals surface area (Å²) < 4.78 is 0. The molecular formula is C66H114N12O12. The molecule has 24 nitrogen and oxygen atoms in total. The molecule has 0 bridgehead atoms. The summed E-state index contributed by atoms with van der Waals surface area (Å²) in [4.78, 5) is 174. The van der Waals surface area contributed by atoms with Crippen LogP contribution in [0.1, 0.15) is 161 Å². The van der Waals surface area contributed by atoms with Gasteiger partial charge in [0.25, 0.3) is 0 Å². The molecule has 12 atom stereocenters. The second-order valence-corrected chi connectivity index (χ2v) is 27.5. The minimum Gasteiger partial charge on any atom is -0.390 e. The van der Waals surface area contributed by atoms with Gasteiger partial charge in [-0.1, -0.05) is 103 Å². The van der Waals surface area contributed by atoms with Crippen LogP contribution in [0.15, 0.2) is 24.5 Å². The lowest BCUT2D eigenvalue weighted by atomic mass is 9.90. The first-order valence-corrected chi connectivity index (χ1v) is 32.4. The van der Waals surface area contributed by atoms with Gasteiger partial charge in [-0.2, -0.15) is 0 Å². The van der Waals surface area contributed by atoms with Crippen LogP contribution in [-0.2, 0) is 59.2 Å². The molecule has 0 radical (unpaired) electrons. The number of carbonyl (C=O) groups is 11. The summed E-state index contributed by atoms with van der Waals surface area (Å²) in [6.45, 7) is 27.6. The first-order chi connectivity index (χ1) is 41.7. The average Bonchev–Trinajstić information content (AvgIpc) is 0.874. The molecule has 0 aromatic carbocycles. The first-order valence-electron chi connectivity index (χ1n) is 32.4. The zero-order valence-electron chi connectivity index (χ0n) is 58.6. The Morgan fingerprint density at radius 2 is 0.956 bits per heavy atom. The molecule has 0 spiro atoms. The monoisotopic (exact) mass is 1270 g/mol. The van der Waals surface area contributed by atoms with E-state index in [1.54, 1.807) is 53.9 Å². The molecular weight excluding hydrogens is 1150 g/mol. The van der Waals surface area contributed by atoms with Gasteiger partial charge in [0.05, 0.1) is 12.6 Å². The van der Waals surface area contributed by atoms with E-state index >= 15 is 19.2 Å². The third-order valence-electron chi connectivity index (χ3n) is 17.2. The first kappa shape index (κ1) is 79.4. The summed E-state index contributed by atoms with van der Waals surface area (Å²) in [6, 6.07) is -8.66. The topological polar surface area (TPSA) is 292 Å². The molecule has 11 amide bonds. The van der Waals surface area contributed by atoms with Gasteiger partial charge < -0.3 is 60.7 Å². The number of carbonyl (C=O) groups excluding carboxylic acids is 11. The zero-order chi connectivity index (χ0) is 69.1. The molecule has 0 unspecified atom stereocenters. The minimum absolute atomic E-state index is 0.0155. The molecule has 1 saturated heterocycles. The van der Waals surface area contributed by atoms with Crippen LogP contribution in [0.25, 0.3) is 0 Å². The van der Waals surface area contributed by atoms with Crippen molar-refractivity contribution in [3.05, 3.63) is 30.1 Å². The van der Waals surface area contributed by atoms with Crippen LogP contribution in [0.5, 0.6) is 0 Å². The van der Waals surface area contributed by atoms with Crippen molar-refractivity contribution in [3.8, 4) is 0 Å². The van der Waals surface area contributed by atoms with Gasteiger partial charge in [0.15, 0.2) is 0 Å². The van der Waals surface area contributed by atoms with Crippen molar-refractivity contribution in [1.82, 2.24) is 60.6 Å². The fraction of sp³-hybridized carbons (Fsp3) is 0.758. The largest absolute Gasteiger partial charge is 0.390 e. The Hall–Kier alpha value is -6.72. The van der Waals surface area contributed by atoms with Crippen molar-refractivity contribution in [2.24, 2.45) is 41.4 Å². The number of hydrogen-bond donors (Lipinski definition) is 5. The van der Waals surface area contributed by atoms with Gasteiger partial charge in [0, 0.05) is 61.7 Å². The predicted octanol–water partition coefficient (Wildman–Crippen LogP) is 3.72. The number of nitrogens with one attached hydrogen (secondary N) is 4. The highest BCUT2D eigenvalue weighted by Gasteiger charge is 2.46. The van der Waals surface area contributed by atoms with Gasteiger partial charge in [0.2, 0.25) is 65.0 Å². The van der Waals surface area contributed by atoms with Crippen molar-refractivity contribution < 1.29 is 57.8 Å². The van der Waals surface area contributed by atoms with Gasteiger partial charge >= 0.3 is 0 Å². The van der Waals surface area contributed by atoms with Crippen LogP contribution >= 0.6 is 0 Å². The number of amides is 11.